The number of nitrogens with zero attached hydrogens (tertiary/aromatic N) is 4. The van der Waals surface area contributed by atoms with Crippen LogP contribution in [0.5, 0.6) is 0 Å². The van der Waals surface area contributed by atoms with Crippen LogP contribution in [0.15, 0.2) is 42.5 Å². The molecule has 2 saturated heterocycles. The molecule has 0 radical (unpaired) electrons. The molecule has 0 bridgehead atoms. The van der Waals surface area contributed by atoms with Gasteiger partial charge in [0.05, 0.1) is 0 Å². The molecule has 8 heteroatoms. The van der Waals surface area contributed by atoms with Crippen molar-refractivity contribution in [1.29, 1.82) is 0 Å². The van der Waals surface area contributed by atoms with Gasteiger partial charge in [0.2, 0.25) is 0 Å². The summed E-state index contributed by atoms with van der Waals surface area (Å²) < 4.78 is 0. The fourth-order valence-corrected chi connectivity index (χ4v) is 6.64. The molecule has 5 rings (SSSR count). The van der Waals surface area contributed by atoms with Crippen molar-refractivity contribution >= 4 is 66.9 Å². The second-order valence-electron chi connectivity index (χ2n) is 10.1. The van der Waals surface area contributed by atoms with E-state index in [0.717, 1.165) is 47.8 Å². The minimum atomic E-state index is 0.829. The van der Waals surface area contributed by atoms with Crippen LogP contribution in [0.1, 0.15) is 33.4 Å². The van der Waals surface area contributed by atoms with E-state index in [1.807, 2.05) is 0 Å². The van der Waals surface area contributed by atoms with E-state index in [1.54, 1.807) is 0 Å². The number of halogens is 1. The SMILES string of the molecule is Cc1cc(C)c(N2CCN(c3[c-]c(N4CCN(c5c(C)cc(C)cc5C)C4=S)ccc3)C2=S)c(C)c1.[Cl][Pd+]. The standard InChI is InChI=1S/C30H33N4S2.ClH.Pd/c1-19-14-21(3)27(22(4)15-19)33-12-10-31(29(33)35)25-8-7-9-26(18-25)32-11-13-34(30(32)36)28-23(5)16-20(2)17-24(28)6;;/h7-9,14-17H,10-13H2,1-6H3;1H;/q-1;;+2/p-1. The Hall–Kier alpha value is -2.01. The van der Waals surface area contributed by atoms with E-state index in [2.05, 4.69) is 137 Å². The first-order valence-electron chi connectivity index (χ1n) is 12.6. The fraction of sp³-hybridized carbons (Fsp3) is 0.333. The van der Waals surface area contributed by atoms with Crippen LogP contribution in [0.3, 0.4) is 0 Å². The Morgan fingerprint density at radius 3 is 1.26 bits per heavy atom. The number of hydrogen-bond acceptors (Lipinski definition) is 2. The van der Waals surface area contributed by atoms with Crippen molar-refractivity contribution in [1.82, 2.24) is 0 Å². The van der Waals surface area contributed by atoms with Gasteiger partial charge in [0.15, 0.2) is 10.2 Å². The summed E-state index contributed by atoms with van der Waals surface area (Å²) in [6.45, 7) is 16.4. The average molecular weight is 656 g/mol. The second kappa shape index (κ2) is 12.0. The predicted molar refractivity (Wildman–Crippen MR) is 167 cm³/mol. The molecule has 0 unspecified atom stereocenters. The number of thiocarbonyl (C=S) groups is 2. The van der Waals surface area contributed by atoms with E-state index >= 15 is 0 Å². The van der Waals surface area contributed by atoms with Gasteiger partial charge in [-0.1, -0.05) is 46.8 Å². The summed E-state index contributed by atoms with van der Waals surface area (Å²) in [5.74, 6) is 0. The molecule has 0 saturated carbocycles. The summed E-state index contributed by atoms with van der Waals surface area (Å²) in [5.41, 5.74) is 12.0. The Morgan fingerprint density at radius 2 is 0.921 bits per heavy atom. The summed E-state index contributed by atoms with van der Waals surface area (Å²) in [5, 5.41) is 1.66. The van der Waals surface area contributed by atoms with Gasteiger partial charge in [-0.05, 0) is 88.2 Å². The van der Waals surface area contributed by atoms with Crippen LogP contribution in [-0.2, 0) is 18.2 Å². The normalized spacial score (nSPS) is 15.4. The van der Waals surface area contributed by atoms with Crippen molar-refractivity contribution in [3.8, 4) is 0 Å². The quantitative estimate of drug-likeness (QED) is 0.166. The first kappa shape index (κ1) is 29.0. The summed E-state index contributed by atoms with van der Waals surface area (Å²) >= 11 is 14.2. The zero-order chi connectivity index (χ0) is 27.7. The zero-order valence-electron chi connectivity index (χ0n) is 22.7. The molecule has 202 valence electrons. The fourth-order valence-electron chi connectivity index (χ4n) is 5.89. The van der Waals surface area contributed by atoms with Crippen molar-refractivity contribution in [2.45, 2.75) is 41.5 Å². The molecule has 2 aliphatic heterocycles. The molecular formula is C30H33ClN4PdS2. The topological polar surface area (TPSA) is 13.0 Å². The van der Waals surface area contributed by atoms with Gasteiger partial charge >= 0.3 is 27.7 Å². The number of rotatable bonds is 4. The van der Waals surface area contributed by atoms with Crippen molar-refractivity contribution in [2.75, 3.05) is 45.8 Å². The molecule has 0 amide bonds. The Balaban J connectivity index is 0.00000164. The van der Waals surface area contributed by atoms with Crippen molar-refractivity contribution < 1.29 is 18.2 Å². The van der Waals surface area contributed by atoms with E-state index in [9.17, 15) is 0 Å². The van der Waals surface area contributed by atoms with E-state index in [0.29, 0.717) is 0 Å². The molecule has 2 aliphatic rings. The van der Waals surface area contributed by atoms with Gasteiger partial charge in [-0.2, -0.15) is 6.07 Å². The Labute approximate surface area is 252 Å². The molecule has 2 fully saturated rings. The van der Waals surface area contributed by atoms with Gasteiger partial charge in [-0.15, -0.1) is 18.2 Å². The van der Waals surface area contributed by atoms with E-state index in [-0.39, 0.29) is 0 Å². The summed E-state index contributed by atoms with van der Waals surface area (Å²) in [6.07, 6.45) is 0. The van der Waals surface area contributed by atoms with Gasteiger partial charge in [0, 0.05) is 37.6 Å². The van der Waals surface area contributed by atoms with Gasteiger partial charge in [-0.3, -0.25) is 0 Å². The van der Waals surface area contributed by atoms with Gasteiger partial charge in [0.1, 0.15) is 0 Å². The van der Waals surface area contributed by atoms with Crippen molar-refractivity contribution in [3.05, 3.63) is 81.9 Å². The van der Waals surface area contributed by atoms with E-state index in [1.165, 1.54) is 44.8 Å². The second-order valence-corrected chi connectivity index (χ2v) is 10.8. The summed E-state index contributed by atoms with van der Waals surface area (Å²) in [7, 11) is 4.49. The molecule has 0 aromatic heterocycles. The first-order valence-corrected chi connectivity index (χ1v) is 15.5. The molecule has 2 heterocycles. The predicted octanol–water partition coefficient (Wildman–Crippen LogP) is 7.25. The molecule has 0 spiro atoms. The number of aryl methyl sites for hydroxylation is 6. The molecule has 0 atom stereocenters. The molecule has 0 aliphatic carbocycles. The van der Waals surface area contributed by atoms with E-state index < -0.39 is 0 Å². The third-order valence-electron chi connectivity index (χ3n) is 7.17. The Morgan fingerprint density at radius 1 is 0.605 bits per heavy atom. The Kier molecular flexibility index (Phi) is 9.17. The third-order valence-corrected chi connectivity index (χ3v) is 8.06. The third kappa shape index (κ3) is 5.50. The molecule has 4 nitrogen and oxygen atoms in total. The molecule has 38 heavy (non-hydrogen) atoms. The van der Waals surface area contributed by atoms with Crippen molar-refractivity contribution in [3.63, 3.8) is 0 Å². The molecule has 0 N–H and O–H groups in total. The maximum atomic E-state index is 5.99. The van der Waals surface area contributed by atoms with Gasteiger partial charge in [-0.25, -0.2) is 0 Å². The maximum absolute atomic E-state index is 5.99. The van der Waals surface area contributed by atoms with Crippen LogP contribution in [-0.4, -0.2) is 36.4 Å². The van der Waals surface area contributed by atoms with Crippen LogP contribution < -0.4 is 19.6 Å². The number of benzene rings is 3. The van der Waals surface area contributed by atoms with Crippen LogP contribution in [0.2, 0.25) is 0 Å². The summed E-state index contributed by atoms with van der Waals surface area (Å²) in [6, 6.07) is 18.8. The number of hydrogen-bond donors (Lipinski definition) is 0. The van der Waals surface area contributed by atoms with Gasteiger partial charge in [0.25, 0.3) is 0 Å². The Bertz CT molecular complexity index is 1250. The average Bonchev–Trinajstić information content (AvgIpc) is 3.42. The van der Waals surface area contributed by atoms with E-state index in [4.69, 9.17) is 24.4 Å². The molecule has 3 aromatic rings. The van der Waals surface area contributed by atoms with Crippen LogP contribution in [0.25, 0.3) is 0 Å². The minimum absolute atomic E-state index is 0.829. The first-order chi connectivity index (χ1) is 18.2. The molecular weight excluding hydrogens is 622 g/mol. The van der Waals surface area contributed by atoms with Crippen LogP contribution >= 0.6 is 34.0 Å². The van der Waals surface area contributed by atoms with Crippen molar-refractivity contribution in [2.24, 2.45) is 0 Å². The monoisotopic (exact) mass is 654 g/mol. The number of anilines is 4. The zero-order valence-corrected chi connectivity index (χ0v) is 26.6. The van der Waals surface area contributed by atoms with Crippen LogP contribution in [0, 0.1) is 47.6 Å². The van der Waals surface area contributed by atoms with Gasteiger partial charge < -0.3 is 19.6 Å². The van der Waals surface area contributed by atoms with Crippen LogP contribution in [0.4, 0.5) is 22.7 Å². The molecule has 3 aromatic carbocycles. The summed E-state index contributed by atoms with van der Waals surface area (Å²) in [4.78, 5) is 8.93.